The number of carbonyl (C=O) groups excluding carboxylic acids is 3. The summed E-state index contributed by atoms with van der Waals surface area (Å²) in [5.74, 6) is -0.721. The first-order valence-corrected chi connectivity index (χ1v) is 9.31. The first-order chi connectivity index (χ1) is 11.8. The van der Waals surface area contributed by atoms with Gasteiger partial charge < -0.3 is 24.7 Å². The molecule has 0 bridgehead atoms. The Balaban J connectivity index is 2.96. The highest BCUT2D eigenvalue weighted by Crippen LogP contribution is 2.32. The lowest BCUT2D eigenvalue weighted by Gasteiger charge is -2.43. The Morgan fingerprint density at radius 3 is 2.16 bits per heavy atom. The fourth-order valence-corrected chi connectivity index (χ4v) is 3.76. The summed E-state index contributed by atoms with van der Waals surface area (Å²) >= 11 is 1.47. The Kier molecular flexibility index (Phi) is 9.23. The summed E-state index contributed by atoms with van der Waals surface area (Å²) in [5, 5.41) is 0. The fourth-order valence-electron chi connectivity index (χ4n) is 2.43. The lowest BCUT2D eigenvalue weighted by Crippen LogP contribution is -2.63. The lowest BCUT2D eigenvalue weighted by molar-refractivity contribution is -0.201. The predicted molar refractivity (Wildman–Crippen MR) is 91.7 cm³/mol. The van der Waals surface area contributed by atoms with Gasteiger partial charge in [-0.15, -0.1) is 11.8 Å². The van der Waals surface area contributed by atoms with E-state index >= 15 is 0 Å². The van der Waals surface area contributed by atoms with Crippen molar-refractivity contribution in [3.05, 3.63) is 0 Å². The molecule has 8 nitrogen and oxygen atoms in total. The average Bonchev–Trinajstić information content (AvgIpc) is 2.51. The van der Waals surface area contributed by atoms with Crippen LogP contribution in [0.4, 0.5) is 0 Å². The van der Waals surface area contributed by atoms with E-state index in [1.807, 2.05) is 0 Å². The summed E-state index contributed by atoms with van der Waals surface area (Å²) in [6, 6.07) is -0.791. The summed E-state index contributed by atoms with van der Waals surface area (Å²) in [5.41, 5.74) is 5.69. The van der Waals surface area contributed by atoms with E-state index in [9.17, 15) is 14.4 Å². The Hall–Kier alpha value is -1.32. The first-order valence-electron chi connectivity index (χ1n) is 8.26. The van der Waals surface area contributed by atoms with Crippen LogP contribution in [0.25, 0.3) is 0 Å². The summed E-state index contributed by atoms with van der Waals surface area (Å²) in [4.78, 5) is 34.0. The lowest BCUT2D eigenvalue weighted by atomic mass is 9.97. The number of thioether (sulfide) groups is 1. The van der Waals surface area contributed by atoms with Crippen molar-refractivity contribution < 1.29 is 33.3 Å². The molecule has 5 unspecified atom stereocenters. The minimum Gasteiger partial charge on any atom is -0.463 e. The Bertz CT molecular complexity index is 471. The maximum absolute atomic E-state index is 11.4. The third-order valence-electron chi connectivity index (χ3n) is 3.54. The monoisotopic (exact) mass is 377 g/mol. The van der Waals surface area contributed by atoms with Crippen molar-refractivity contribution in [1.82, 2.24) is 0 Å². The van der Waals surface area contributed by atoms with Gasteiger partial charge in [0.05, 0.1) is 6.04 Å². The summed E-state index contributed by atoms with van der Waals surface area (Å²) < 4.78 is 21.5. The number of ether oxygens (including phenoxy) is 4. The Morgan fingerprint density at radius 1 is 1.04 bits per heavy atom. The molecule has 0 radical (unpaired) electrons. The minimum absolute atomic E-state index is 0.0986. The molecule has 1 fully saturated rings. The van der Waals surface area contributed by atoms with Crippen LogP contribution in [-0.4, -0.2) is 60.1 Å². The molecule has 0 aromatic carbocycles. The highest BCUT2D eigenvalue weighted by atomic mass is 32.2. The van der Waals surface area contributed by atoms with Gasteiger partial charge in [-0.2, -0.15) is 0 Å². The van der Waals surface area contributed by atoms with Crippen molar-refractivity contribution in [3.63, 3.8) is 0 Å². The van der Waals surface area contributed by atoms with E-state index in [1.165, 1.54) is 32.5 Å². The van der Waals surface area contributed by atoms with Crippen molar-refractivity contribution in [2.24, 2.45) is 5.73 Å². The molecule has 1 rings (SSSR count). The molecule has 2 N–H and O–H groups in total. The molecule has 1 aliphatic heterocycles. The normalized spacial score (nSPS) is 28.9. The third-order valence-corrected chi connectivity index (χ3v) is 4.77. The summed E-state index contributed by atoms with van der Waals surface area (Å²) in [6.07, 6.45) is -0.402. The van der Waals surface area contributed by atoms with Crippen LogP contribution in [-0.2, 0) is 33.3 Å². The van der Waals surface area contributed by atoms with E-state index in [1.54, 1.807) is 0 Å². The van der Waals surface area contributed by atoms with Gasteiger partial charge in [0, 0.05) is 20.8 Å². The highest BCUT2D eigenvalue weighted by Gasteiger charge is 2.48. The molecule has 0 spiro atoms. The van der Waals surface area contributed by atoms with Gasteiger partial charge >= 0.3 is 17.9 Å². The molecule has 0 saturated carbocycles. The molecule has 1 aliphatic rings. The van der Waals surface area contributed by atoms with Gasteiger partial charge in [-0.05, 0) is 12.2 Å². The molecule has 0 aromatic heterocycles. The largest absolute Gasteiger partial charge is 0.463 e. The van der Waals surface area contributed by atoms with Crippen LogP contribution in [0.5, 0.6) is 0 Å². The molecule has 0 aromatic rings. The quantitative estimate of drug-likeness (QED) is 0.376. The number of unbranched alkanes of at least 4 members (excludes halogenated alkanes) is 1. The van der Waals surface area contributed by atoms with Crippen LogP contribution in [0.1, 0.15) is 40.5 Å². The second-order valence-corrected chi connectivity index (χ2v) is 7.00. The number of hydrogen-bond donors (Lipinski definition) is 1. The molecular weight excluding hydrogens is 350 g/mol. The number of esters is 3. The average molecular weight is 377 g/mol. The summed E-state index contributed by atoms with van der Waals surface area (Å²) in [6.45, 7) is 5.78. The van der Waals surface area contributed by atoms with Crippen molar-refractivity contribution in [2.75, 3.05) is 12.4 Å². The van der Waals surface area contributed by atoms with E-state index in [-0.39, 0.29) is 6.61 Å². The van der Waals surface area contributed by atoms with Crippen molar-refractivity contribution in [3.8, 4) is 0 Å². The molecule has 0 aliphatic carbocycles. The topological polar surface area (TPSA) is 114 Å². The number of rotatable bonds is 8. The van der Waals surface area contributed by atoms with E-state index < -0.39 is 47.7 Å². The zero-order valence-corrected chi connectivity index (χ0v) is 15.9. The molecule has 1 heterocycles. The van der Waals surface area contributed by atoms with Crippen LogP contribution in [0.3, 0.4) is 0 Å². The van der Waals surface area contributed by atoms with Crippen LogP contribution in [0.15, 0.2) is 0 Å². The van der Waals surface area contributed by atoms with Crippen molar-refractivity contribution >= 4 is 29.7 Å². The molecule has 9 heteroatoms. The zero-order chi connectivity index (χ0) is 19.0. The van der Waals surface area contributed by atoms with Crippen molar-refractivity contribution in [1.29, 1.82) is 0 Å². The molecule has 1 saturated heterocycles. The standard InChI is InChI=1S/C16H27NO7S/c1-5-6-7-25-16-15(23-11(4)20)13(17)14(22-10(3)19)12(24-16)8-21-9(2)18/h12-16H,5-8,17H2,1-4H3. The van der Waals surface area contributed by atoms with Gasteiger partial charge in [-0.25, -0.2) is 0 Å². The number of hydrogen-bond acceptors (Lipinski definition) is 9. The second kappa shape index (κ2) is 10.6. The maximum atomic E-state index is 11.4. The molecule has 144 valence electrons. The van der Waals surface area contributed by atoms with Gasteiger partial charge in [-0.1, -0.05) is 13.3 Å². The van der Waals surface area contributed by atoms with Gasteiger partial charge in [0.1, 0.15) is 24.3 Å². The van der Waals surface area contributed by atoms with E-state index in [0.29, 0.717) is 0 Å². The van der Waals surface area contributed by atoms with Gasteiger partial charge in [0.2, 0.25) is 0 Å². The molecule has 0 amide bonds. The first kappa shape index (κ1) is 21.7. The zero-order valence-electron chi connectivity index (χ0n) is 15.1. The molecule has 25 heavy (non-hydrogen) atoms. The molecule has 5 atom stereocenters. The van der Waals surface area contributed by atoms with Gasteiger partial charge in [-0.3, -0.25) is 14.4 Å². The van der Waals surface area contributed by atoms with E-state index in [4.69, 9.17) is 24.7 Å². The van der Waals surface area contributed by atoms with E-state index in [2.05, 4.69) is 6.92 Å². The predicted octanol–water partition coefficient (Wildman–Crippen LogP) is 0.998. The Labute approximate surface area is 152 Å². The van der Waals surface area contributed by atoms with Gasteiger partial charge in [0.15, 0.2) is 6.10 Å². The van der Waals surface area contributed by atoms with Crippen LogP contribution in [0.2, 0.25) is 0 Å². The van der Waals surface area contributed by atoms with Crippen LogP contribution < -0.4 is 5.73 Å². The number of nitrogens with two attached hydrogens (primary N) is 1. The third kappa shape index (κ3) is 7.21. The second-order valence-electron chi connectivity index (χ2n) is 5.80. The fraction of sp³-hybridized carbons (Fsp3) is 0.812. The van der Waals surface area contributed by atoms with Gasteiger partial charge in [0.25, 0.3) is 0 Å². The SMILES string of the molecule is CCCCSC1OC(COC(C)=O)C(OC(C)=O)C(N)C1OC(C)=O. The Morgan fingerprint density at radius 2 is 1.64 bits per heavy atom. The maximum Gasteiger partial charge on any atom is 0.303 e. The van der Waals surface area contributed by atoms with Crippen LogP contribution in [0, 0.1) is 0 Å². The minimum atomic E-state index is -0.885. The molecular formula is C16H27NO7S. The smallest absolute Gasteiger partial charge is 0.303 e. The summed E-state index contributed by atoms with van der Waals surface area (Å²) in [7, 11) is 0. The van der Waals surface area contributed by atoms with Crippen LogP contribution >= 0.6 is 11.8 Å². The number of carbonyl (C=O) groups is 3. The van der Waals surface area contributed by atoms with E-state index in [0.717, 1.165) is 18.6 Å². The highest BCUT2D eigenvalue weighted by molar-refractivity contribution is 7.99. The van der Waals surface area contributed by atoms with Crippen molar-refractivity contribution in [2.45, 2.75) is 70.3 Å².